The van der Waals surface area contributed by atoms with E-state index >= 15 is 0 Å². The molecule has 0 bridgehead atoms. The number of rotatable bonds is 6. The number of carbonyl (C=O) groups excluding carboxylic acids is 3. The molecule has 2 fully saturated rings. The molecule has 0 amide bonds. The lowest BCUT2D eigenvalue weighted by Gasteiger charge is -2.23. The number of hydrogen-bond acceptors (Lipinski definition) is 8. The summed E-state index contributed by atoms with van der Waals surface area (Å²) < 4.78 is 5.27. The lowest BCUT2D eigenvalue weighted by molar-refractivity contribution is -0.384. The van der Waals surface area contributed by atoms with Crippen LogP contribution in [0.3, 0.4) is 0 Å². The van der Waals surface area contributed by atoms with E-state index in [-0.39, 0.29) is 35.0 Å². The summed E-state index contributed by atoms with van der Waals surface area (Å²) in [5.41, 5.74) is 1.30. The quantitative estimate of drug-likeness (QED) is 0.236. The van der Waals surface area contributed by atoms with Gasteiger partial charge in [-0.1, -0.05) is 0 Å². The first-order valence-electron chi connectivity index (χ1n) is 8.83. The lowest BCUT2D eigenvalue weighted by Crippen LogP contribution is -2.31. The third-order valence-electron chi connectivity index (χ3n) is 4.87. The van der Waals surface area contributed by atoms with Crippen molar-refractivity contribution in [3.8, 4) is 0 Å². The van der Waals surface area contributed by atoms with Gasteiger partial charge >= 0.3 is 5.97 Å². The molecule has 28 heavy (non-hydrogen) atoms. The summed E-state index contributed by atoms with van der Waals surface area (Å²) in [5, 5.41) is 10.7. The van der Waals surface area contributed by atoms with E-state index in [0.29, 0.717) is 30.1 Å². The number of non-ortho nitro benzene ring substituents is 1. The standard InChI is InChI=1S/C19H17N3O6/c1-11-15(20-6-7-20)18(24)14(16(17(11)23)21-8-9-21)10-28-19(25)12-2-4-13(5-3-12)22(26)27/h2-5H,6-10H2,1H3. The van der Waals surface area contributed by atoms with Crippen molar-refractivity contribution in [3.63, 3.8) is 0 Å². The van der Waals surface area contributed by atoms with Gasteiger partial charge < -0.3 is 14.5 Å². The van der Waals surface area contributed by atoms with Crippen molar-refractivity contribution >= 4 is 23.2 Å². The number of allylic oxidation sites excluding steroid dienone is 2. The molecule has 0 saturated carbocycles. The van der Waals surface area contributed by atoms with Crippen molar-refractivity contribution in [1.82, 2.24) is 9.80 Å². The summed E-state index contributed by atoms with van der Waals surface area (Å²) in [5.74, 6) is -1.21. The molecular formula is C19H17N3O6. The third kappa shape index (κ3) is 3.15. The van der Waals surface area contributed by atoms with Gasteiger partial charge in [0.25, 0.3) is 5.69 Å². The molecule has 2 aliphatic heterocycles. The van der Waals surface area contributed by atoms with Crippen molar-refractivity contribution in [1.29, 1.82) is 0 Å². The maximum atomic E-state index is 13.0. The highest BCUT2D eigenvalue weighted by Crippen LogP contribution is 2.34. The second-order valence-corrected chi connectivity index (χ2v) is 6.81. The molecule has 1 aliphatic carbocycles. The van der Waals surface area contributed by atoms with Gasteiger partial charge in [0.15, 0.2) is 0 Å². The maximum absolute atomic E-state index is 13.0. The van der Waals surface area contributed by atoms with E-state index in [0.717, 1.165) is 13.1 Å². The number of ether oxygens (including phenoxy) is 1. The molecule has 3 aliphatic rings. The van der Waals surface area contributed by atoms with E-state index in [4.69, 9.17) is 4.74 Å². The zero-order valence-corrected chi connectivity index (χ0v) is 15.1. The normalized spacial score (nSPS) is 18.6. The van der Waals surface area contributed by atoms with Crippen LogP contribution in [0.1, 0.15) is 17.3 Å². The number of esters is 1. The zero-order chi connectivity index (χ0) is 20.0. The van der Waals surface area contributed by atoms with Crippen molar-refractivity contribution < 1.29 is 24.0 Å². The summed E-state index contributed by atoms with van der Waals surface area (Å²) in [7, 11) is 0. The Morgan fingerprint density at radius 3 is 2.14 bits per heavy atom. The smallest absolute Gasteiger partial charge is 0.338 e. The molecule has 9 heteroatoms. The van der Waals surface area contributed by atoms with E-state index < -0.39 is 10.9 Å². The van der Waals surface area contributed by atoms with Crippen LogP contribution in [-0.4, -0.2) is 65.0 Å². The Morgan fingerprint density at radius 2 is 1.61 bits per heavy atom. The van der Waals surface area contributed by atoms with E-state index in [2.05, 4.69) is 0 Å². The summed E-state index contributed by atoms with van der Waals surface area (Å²) >= 11 is 0. The van der Waals surface area contributed by atoms with Crippen LogP contribution >= 0.6 is 0 Å². The molecule has 0 aromatic heterocycles. The highest BCUT2D eigenvalue weighted by Gasteiger charge is 2.42. The molecule has 1 aromatic carbocycles. The maximum Gasteiger partial charge on any atom is 0.338 e. The van der Waals surface area contributed by atoms with Gasteiger partial charge in [0.2, 0.25) is 11.6 Å². The topological polar surface area (TPSA) is 110 Å². The fourth-order valence-corrected chi connectivity index (χ4v) is 3.18. The molecule has 0 N–H and O–H groups in total. The summed E-state index contributed by atoms with van der Waals surface area (Å²) in [6, 6.07) is 4.99. The van der Waals surface area contributed by atoms with Crippen molar-refractivity contribution in [3.05, 3.63) is 62.5 Å². The SMILES string of the molecule is CC1=C(N2CC2)C(=O)C(COC(=O)c2ccc([N+](=O)[O-])cc2)=C(N2CC2)C1=O. The Bertz CT molecular complexity index is 968. The fourth-order valence-electron chi connectivity index (χ4n) is 3.18. The molecule has 0 atom stereocenters. The largest absolute Gasteiger partial charge is 0.457 e. The molecule has 2 heterocycles. The van der Waals surface area contributed by atoms with Gasteiger partial charge in [-0.25, -0.2) is 4.79 Å². The number of nitrogens with zero attached hydrogens (tertiary/aromatic N) is 3. The molecule has 0 unspecified atom stereocenters. The zero-order valence-electron chi connectivity index (χ0n) is 15.1. The second kappa shape index (κ2) is 6.59. The minimum absolute atomic E-state index is 0.131. The van der Waals surface area contributed by atoms with Crippen LogP contribution in [0.2, 0.25) is 0 Å². The molecule has 9 nitrogen and oxygen atoms in total. The van der Waals surface area contributed by atoms with E-state index in [1.807, 2.05) is 4.90 Å². The minimum Gasteiger partial charge on any atom is -0.457 e. The molecule has 0 radical (unpaired) electrons. The van der Waals surface area contributed by atoms with Crippen molar-refractivity contribution in [2.45, 2.75) is 6.92 Å². The van der Waals surface area contributed by atoms with E-state index in [1.54, 1.807) is 11.8 Å². The van der Waals surface area contributed by atoms with E-state index in [1.165, 1.54) is 24.3 Å². The van der Waals surface area contributed by atoms with Crippen LogP contribution in [0.25, 0.3) is 0 Å². The molecule has 4 rings (SSSR count). The van der Waals surface area contributed by atoms with Gasteiger partial charge in [0.05, 0.1) is 27.5 Å². The average Bonchev–Trinajstić information content (AvgIpc) is 3.57. The molecule has 144 valence electrons. The van der Waals surface area contributed by atoms with Gasteiger partial charge in [-0.05, 0) is 19.1 Å². The second-order valence-electron chi connectivity index (χ2n) is 6.81. The Labute approximate surface area is 160 Å². The Balaban J connectivity index is 1.55. The van der Waals surface area contributed by atoms with Crippen LogP contribution < -0.4 is 0 Å². The number of carbonyl (C=O) groups is 3. The first kappa shape index (κ1) is 17.9. The number of hydrogen-bond donors (Lipinski definition) is 0. The Morgan fingerprint density at radius 1 is 1.04 bits per heavy atom. The van der Waals surface area contributed by atoms with Crippen LogP contribution in [0, 0.1) is 10.1 Å². The van der Waals surface area contributed by atoms with Crippen LogP contribution in [0.5, 0.6) is 0 Å². The molecule has 0 spiro atoms. The summed E-state index contributed by atoms with van der Waals surface area (Å²) in [6.07, 6.45) is 0. The van der Waals surface area contributed by atoms with Crippen molar-refractivity contribution in [2.75, 3.05) is 32.8 Å². The predicted molar refractivity (Wildman–Crippen MR) is 96.3 cm³/mol. The Kier molecular flexibility index (Phi) is 4.21. The van der Waals surface area contributed by atoms with Crippen LogP contribution in [-0.2, 0) is 14.3 Å². The van der Waals surface area contributed by atoms with Gasteiger partial charge in [-0.3, -0.25) is 19.7 Å². The fraction of sp³-hybridized carbons (Fsp3) is 0.316. The summed E-state index contributed by atoms with van der Waals surface area (Å²) in [6.45, 7) is 4.13. The number of ketones is 2. The first-order chi connectivity index (χ1) is 13.4. The van der Waals surface area contributed by atoms with Gasteiger partial charge in [-0.2, -0.15) is 0 Å². The van der Waals surface area contributed by atoms with Crippen LogP contribution in [0.4, 0.5) is 5.69 Å². The Hall–Kier alpha value is -3.49. The number of nitro benzene ring substituents is 1. The predicted octanol–water partition coefficient (Wildman–Crippen LogP) is 1.06. The molecule has 1 aromatic rings. The monoisotopic (exact) mass is 383 g/mol. The first-order valence-corrected chi connectivity index (χ1v) is 8.83. The summed E-state index contributed by atoms with van der Waals surface area (Å²) in [4.78, 5) is 51.8. The molecular weight excluding hydrogens is 366 g/mol. The highest BCUT2D eigenvalue weighted by atomic mass is 16.6. The van der Waals surface area contributed by atoms with Gasteiger partial charge in [0.1, 0.15) is 6.61 Å². The highest BCUT2D eigenvalue weighted by molar-refractivity contribution is 6.25. The average molecular weight is 383 g/mol. The van der Waals surface area contributed by atoms with Gasteiger partial charge in [0, 0.05) is 43.9 Å². The third-order valence-corrected chi connectivity index (χ3v) is 4.87. The number of Topliss-reactive ketones (excluding diaryl/α,β-unsaturated/α-hetero) is 2. The van der Waals surface area contributed by atoms with Crippen LogP contribution in [0.15, 0.2) is 46.8 Å². The molecule has 2 saturated heterocycles. The number of nitro groups is 1. The lowest BCUT2D eigenvalue weighted by atomic mass is 9.91. The van der Waals surface area contributed by atoms with Gasteiger partial charge in [-0.15, -0.1) is 0 Å². The minimum atomic E-state index is -0.715. The van der Waals surface area contributed by atoms with Crippen molar-refractivity contribution in [2.24, 2.45) is 0 Å². The van der Waals surface area contributed by atoms with E-state index in [9.17, 15) is 24.5 Å². The number of benzene rings is 1.